The number of hydrogen-bond donors (Lipinski definition) is 4. The van der Waals surface area contributed by atoms with Gasteiger partial charge in [0.15, 0.2) is 0 Å². The van der Waals surface area contributed by atoms with E-state index < -0.39 is 24.4 Å². The van der Waals surface area contributed by atoms with Gasteiger partial charge in [-0.05, 0) is 51.4 Å². The molecule has 0 aliphatic carbocycles. The Labute approximate surface area is 247 Å². The highest BCUT2D eigenvalue weighted by Gasteiger charge is 2.23. The fourth-order valence-corrected chi connectivity index (χ4v) is 4.42. The van der Waals surface area contributed by atoms with E-state index in [2.05, 4.69) is 24.5 Å². The molecule has 0 aromatic rings. The number of unbranched alkanes of at least 4 members (excludes halogenated alkanes) is 6. The van der Waals surface area contributed by atoms with E-state index in [0.717, 1.165) is 38.5 Å². The fourth-order valence-electron chi connectivity index (χ4n) is 4.42. The van der Waals surface area contributed by atoms with E-state index in [1.165, 1.54) is 0 Å². The number of aliphatic hydroxyl groups is 2. The normalized spacial score (nSPS) is 14.0. The highest BCUT2D eigenvalue weighted by atomic mass is 16.6. The predicted octanol–water partition coefficient (Wildman–Crippen LogP) is 4.82. The minimum absolute atomic E-state index is 0.0435. The molecule has 0 saturated heterocycles. The van der Waals surface area contributed by atoms with Crippen molar-refractivity contribution in [2.24, 2.45) is 0 Å². The molecule has 0 aliphatic rings. The number of carbonyl (C=O) groups excluding carboxylic acids is 4. The van der Waals surface area contributed by atoms with Crippen molar-refractivity contribution < 1.29 is 38.9 Å². The number of aliphatic hydroxyl groups excluding tert-OH is 2. The highest BCUT2D eigenvalue weighted by Crippen LogP contribution is 2.18. The first-order valence-electron chi connectivity index (χ1n) is 16.0. The van der Waals surface area contributed by atoms with Crippen LogP contribution in [0.25, 0.3) is 0 Å². The molecule has 0 spiro atoms. The third kappa shape index (κ3) is 21.2. The monoisotopic (exact) mass is 586 g/mol. The minimum Gasteiger partial charge on any atom is -0.460 e. The Balaban J connectivity index is 4.13. The first kappa shape index (κ1) is 38.8. The van der Waals surface area contributed by atoms with E-state index in [1.54, 1.807) is 13.8 Å². The van der Waals surface area contributed by atoms with Gasteiger partial charge in [-0.15, -0.1) is 0 Å². The van der Waals surface area contributed by atoms with Gasteiger partial charge >= 0.3 is 11.9 Å². The van der Waals surface area contributed by atoms with Crippen LogP contribution in [0.2, 0.25) is 0 Å². The first-order valence-corrected chi connectivity index (χ1v) is 16.0. The van der Waals surface area contributed by atoms with Gasteiger partial charge in [0, 0.05) is 25.7 Å². The van der Waals surface area contributed by atoms with Gasteiger partial charge in [0.2, 0.25) is 11.8 Å². The zero-order valence-corrected chi connectivity index (χ0v) is 26.1. The van der Waals surface area contributed by atoms with Gasteiger partial charge in [-0.3, -0.25) is 19.2 Å². The number of hydrogen-bond acceptors (Lipinski definition) is 8. The Morgan fingerprint density at radius 3 is 1.27 bits per heavy atom. The molecule has 0 fully saturated rings. The van der Waals surface area contributed by atoms with Crippen LogP contribution in [0.15, 0.2) is 0 Å². The molecule has 41 heavy (non-hydrogen) atoms. The third-order valence-electron chi connectivity index (χ3n) is 7.06. The summed E-state index contributed by atoms with van der Waals surface area (Å²) in [5.41, 5.74) is 0. The maximum absolute atomic E-state index is 12.1. The van der Waals surface area contributed by atoms with Crippen LogP contribution >= 0.6 is 0 Å². The van der Waals surface area contributed by atoms with Gasteiger partial charge < -0.3 is 30.3 Å². The van der Waals surface area contributed by atoms with Crippen LogP contribution in [-0.4, -0.2) is 65.1 Å². The molecule has 10 heteroatoms. The number of ether oxygens (including phenoxy) is 2. The second-order valence-corrected chi connectivity index (χ2v) is 10.8. The Morgan fingerprint density at radius 2 is 0.927 bits per heavy atom. The lowest BCUT2D eigenvalue weighted by Gasteiger charge is -2.23. The van der Waals surface area contributed by atoms with Gasteiger partial charge in [-0.1, -0.05) is 66.2 Å². The standard InChI is InChI=1S/C31H58N2O8/c1-5-9-11-19-26(40-30(38)7-3)24(34)17-13-15-21-28(36)32-23-33-29(37)22-16-14-18-25(35)27(20-12-10-6-2)41-31(39)8-4/h24-27,34-35H,5-23H2,1-4H3,(H,32,36)(H,33,37). The van der Waals surface area contributed by atoms with Gasteiger partial charge in [0.25, 0.3) is 0 Å². The molecule has 240 valence electrons. The van der Waals surface area contributed by atoms with Crippen molar-refractivity contribution in [1.29, 1.82) is 0 Å². The molecule has 4 N–H and O–H groups in total. The summed E-state index contributed by atoms with van der Waals surface area (Å²) in [6.45, 7) is 7.68. The average Bonchev–Trinajstić information content (AvgIpc) is 2.96. The Bertz CT molecular complexity index is 660. The van der Waals surface area contributed by atoms with E-state index in [0.29, 0.717) is 51.4 Å². The smallest absolute Gasteiger partial charge is 0.305 e. The molecule has 0 aromatic heterocycles. The average molecular weight is 587 g/mol. The molecule has 10 nitrogen and oxygen atoms in total. The van der Waals surface area contributed by atoms with Crippen LogP contribution in [-0.2, 0) is 28.7 Å². The second kappa shape index (κ2) is 25.5. The molecule has 0 saturated carbocycles. The summed E-state index contributed by atoms with van der Waals surface area (Å²) >= 11 is 0. The van der Waals surface area contributed by atoms with E-state index in [1.807, 2.05) is 0 Å². The molecular weight excluding hydrogens is 528 g/mol. The zero-order chi connectivity index (χ0) is 30.9. The van der Waals surface area contributed by atoms with Crippen molar-refractivity contribution in [3.8, 4) is 0 Å². The summed E-state index contributed by atoms with van der Waals surface area (Å²) in [7, 11) is 0. The lowest BCUT2D eigenvalue weighted by atomic mass is 10.0. The predicted molar refractivity (Wildman–Crippen MR) is 159 cm³/mol. The summed E-state index contributed by atoms with van der Waals surface area (Å²) in [6, 6.07) is 0. The highest BCUT2D eigenvalue weighted by molar-refractivity contribution is 5.78. The Kier molecular flexibility index (Phi) is 24.1. The largest absolute Gasteiger partial charge is 0.460 e. The fraction of sp³-hybridized carbons (Fsp3) is 0.871. The van der Waals surface area contributed by atoms with Crippen molar-refractivity contribution in [3.63, 3.8) is 0 Å². The van der Waals surface area contributed by atoms with Gasteiger partial charge in [0.05, 0.1) is 18.9 Å². The maximum Gasteiger partial charge on any atom is 0.305 e. The summed E-state index contributed by atoms with van der Waals surface area (Å²) in [5.74, 6) is -0.998. The number of esters is 2. The molecule has 4 atom stereocenters. The number of carbonyl (C=O) groups is 4. The van der Waals surface area contributed by atoms with E-state index in [4.69, 9.17) is 9.47 Å². The van der Waals surface area contributed by atoms with Crippen LogP contribution in [0, 0.1) is 0 Å². The van der Waals surface area contributed by atoms with Gasteiger partial charge in [-0.25, -0.2) is 0 Å². The minimum atomic E-state index is -0.746. The van der Waals surface area contributed by atoms with Crippen LogP contribution < -0.4 is 10.6 Å². The lowest BCUT2D eigenvalue weighted by Crippen LogP contribution is -2.37. The topological polar surface area (TPSA) is 151 Å². The van der Waals surface area contributed by atoms with Crippen molar-refractivity contribution in [2.45, 2.75) is 168 Å². The van der Waals surface area contributed by atoms with Crippen LogP contribution in [0.3, 0.4) is 0 Å². The summed E-state index contributed by atoms with van der Waals surface area (Å²) in [5, 5.41) is 26.3. The molecule has 0 aliphatic heterocycles. The quantitative estimate of drug-likeness (QED) is 0.0640. The lowest BCUT2D eigenvalue weighted by molar-refractivity contribution is -0.156. The first-order chi connectivity index (χ1) is 19.7. The van der Waals surface area contributed by atoms with Gasteiger partial charge in [0.1, 0.15) is 12.2 Å². The van der Waals surface area contributed by atoms with E-state index >= 15 is 0 Å². The van der Waals surface area contributed by atoms with Crippen LogP contribution in [0.1, 0.15) is 143 Å². The molecule has 0 radical (unpaired) electrons. The Hall–Kier alpha value is -2.20. The molecule has 0 aromatic carbocycles. The summed E-state index contributed by atoms with van der Waals surface area (Å²) < 4.78 is 10.8. The van der Waals surface area contributed by atoms with Crippen LogP contribution in [0.5, 0.6) is 0 Å². The van der Waals surface area contributed by atoms with Crippen LogP contribution in [0.4, 0.5) is 0 Å². The molecule has 0 heterocycles. The zero-order valence-electron chi connectivity index (χ0n) is 26.1. The van der Waals surface area contributed by atoms with Crippen molar-refractivity contribution >= 4 is 23.8 Å². The van der Waals surface area contributed by atoms with E-state index in [-0.39, 0.29) is 56.1 Å². The van der Waals surface area contributed by atoms with Gasteiger partial charge in [-0.2, -0.15) is 0 Å². The molecule has 2 amide bonds. The maximum atomic E-state index is 12.1. The number of rotatable bonds is 26. The van der Waals surface area contributed by atoms with Crippen molar-refractivity contribution in [1.82, 2.24) is 10.6 Å². The molecule has 0 bridgehead atoms. The van der Waals surface area contributed by atoms with Crippen molar-refractivity contribution in [3.05, 3.63) is 0 Å². The number of amides is 2. The number of nitrogens with one attached hydrogen (secondary N) is 2. The second-order valence-electron chi connectivity index (χ2n) is 10.8. The molecular formula is C31H58N2O8. The summed E-state index contributed by atoms with van der Waals surface area (Å²) in [6.07, 6.45) is 9.07. The van der Waals surface area contributed by atoms with Crippen molar-refractivity contribution in [2.75, 3.05) is 6.67 Å². The Morgan fingerprint density at radius 1 is 0.561 bits per heavy atom. The SMILES string of the molecule is CCCCCC(OC(=O)CC)C(O)CCCCC(=O)NCNC(=O)CCCCC(O)C(CCCCC)OC(=O)CC. The third-order valence-corrected chi connectivity index (χ3v) is 7.06. The summed E-state index contributed by atoms with van der Waals surface area (Å²) in [4.78, 5) is 47.6. The van der Waals surface area contributed by atoms with E-state index in [9.17, 15) is 29.4 Å². The molecule has 4 unspecified atom stereocenters. The molecule has 0 rings (SSSR count).